The van der Waals surface area contributed by atoms with Gasteiger partial charge in [0.05, 0.1) is 5.69 Å². The summed E-state index contributed by atoms with van der Waals surface area (Å²) in [7, 11) is 0. The fourth-order valence-corrected chi connectivity index (χ4v) is 2.70. The van der Waals surface area contributed by atoms with Crippen LogP contribution in [-0.2, 0) is 4.79 Å². The second-order valence-corrected chi connectivity index (χ2v) is 5.52. The fraction of sp³-hybridized carbons (Fsp3) is 0.385. The molecule has 2 aliphatic rings. The van der Waals surface area contributed by atoms with Gasteiger partial charge in [0.15, 0.2) is 5.71 Å². The van der Waals surface area contributed by atoms with Crippen LogP contribution in [0.25, 0.3) is 0 Å². The number of carbonyl (C=O) groups is 1. The lowest BCUT2D eigenvalue weighted by molar-refractivity contribution is -0.110. The number of fused-ring (bicyclic) bond motifs is 1. The van der Waals surface area contributed by atoms with Crippen LogP contribution in [0, 0.1) is 0 Å². The SMILES string of the molecule is O=C1Nc2ccc(Br)cc2C1=NN1CCCCC1. The van der Waals surface area contributed by atoms with Crippen LogP contribution in [0.15, 0.2) is 27.8 Å². The Balaban J connectivity index is 1.95. The minimum absolute atomic E-state index is 0.103. The Bertz CT molecular complexity index is 521. The number of carbonyl (C=O) groups excluding carboxylic acids is 1. The Kier molecular flexibility index (Phi) is 3.07. The maximum Gasteiger partial charge on any atom is 0.276 e. The molecule has 0 bridgehead atoms. The predicted molar refractivity (Wildman–Crippen MR) is 74.7 cm³/mol. The number of nitrogens with one attached hydrogen (secondary N) is 1. The summed E-state index contributed by atoms with van der Waals surface area (Å²) in [6.45, 7) is 1.89. The van der Waals surface area contributed by atoms with Crippen LogP contribution in [0.1, 0.15) is 24.8 Å². The van der Waals surface area contributed by atoms with E-state index in [1.165, 1.54) is 6.42 Å². The van der Waals surface area contributed by atoms with Gasteiger partial charge in [-0.05, 0) is 37.5 Å². The summed E-state index contributed by atoms with van der Waals surface area (Å²) in [5, 5.41) is 9.37. The van der Waals surface area contributed by atoms with Crippen molar-refractivity contribution in [2.75, 3.05) is 18.4 Å². The molecule has 0 aromatic heterocycles. The van der Waals surface area contributed by atoms with Crippen LogP contribution >= 0.6 is 15.9 Å². The molecule has 1 saturated heterocycles. The highest BCUT2D eigenvalue weighted by Gasteiger charge is 2.27. The van der Waals surface area contributed by atoms with Crippen molar-refractivity contribution in [2.45, 2.75) is 19.3 Å². The van der Waals surface area contributed by atoms with Gasteiger partial charge < -0.3 is 5.32 Å². The predicted octanol–water partition coefficient (Wildman–Crippen LogP) is 2.59. The molecule has 1 aromatic rings. The molecule has 1 N–H and O–H groups in total. The number of amides is 1. The van der Waals surface area contributed by atoms with Crippen LogP contribution in [0.3, 0.4) is 0 Å². The number of hydrazone groups is 1. The maximum absolute atomic E-state index is 11.9. The summed E-state index contributed by atoms with van der Waals surface area (Å²) < 4.78 is 0.962. The Morgan fingerprint density at radius 1 is 1.22 bits per heavy atom. The average Bonchev–Trinajstić information content (AvgIpc) is 2.67. The molecule has 0 saturated carbocycles. The highest BCUT2D eigenvalue weighted by Crippen LogP contribution is 2.27. The van der Waals surface area contributed by atoms with Crippen molar-refractivity contribution in [1.29, 1.82) is 0 Å². The van der Waals surface area contributed by atoms with Gasteiger partial charge in [0.2, 0.25) is 0 Å². The first-order valence-electron chi connectivity index (χ1n) is 6.19. The van der Waals surface area contributed by atoms with Gasteiger partial charge in [-0.25, -0.2) is 0 Å². The zero-order chi connectivity index (χ0) is 12.5. The van der Waals surface area contributed by atoms with E-state index in [9.17, 15) is 4.79 Å². The van der Waals surface area contributed by atoms with E-state index in [2.05, 4.69) is 26.3 Å². The van der Waals surface area contributed by atoms with Crippen molar-refractivity contribution >= 4 is 33.2 Å². The quantitative estimate of drug-likeness (QED) is 0.867. The molecule has 0 aliphatic carbocycles. The van der Waals surface area contributed by atoms with Crippen LogP contribution in [0.4, 0.5) is 5.69 Å². The highest BCUT2D eigenvalue weighted by atomic mass is 79.9. The summed E-state index contributed by atoms with van der Waals surface area (Å²) in [4.78, 5) is 11.9. The Labute approximate surface area is 114 Å². The lowest BCUT2D eigenvalue weighted by atomic mass is 10.1. The number of rotatable bonds is 1. The molecule has 2 heterocycles. The summed E-state index contributed by atoms with van der Waals surface area (Å²) in [5.41, 5.74) is 2.27. The molecular weight excluding hydrogens is 294 g/mol. The van der Waals surface area contributed by atoms with Gasteiger partial charge in [0.1, 0.15) is 0 Å². The summed E-state index contributed by atoms with van der Waals surface area (Å²) in [6, 6.07) is 5.76. The van der Waals surface area contributed by atoms with E-state index >= 15 is 0 Å². The van der Waals surface area contributed by atoms with E-state index in [1.54, 1.807) is 0 Å². The molecular formula is C13H14BrN3O. The van der Waals surface area contributed by atoms with Crippen molar-refractivity contribution in [1.82, 2.24) is 5.01 Å². The number of hydrogen-bond donors (Lipinski definition) is 1. The van der Waals surface area contributed by atoms with Crippen molar-refractivity contribution in [3.63, 3.8) is 0 Å². The number of nitrogens with zero attached hydrogens (tertiary/aromatic N) is 2. The van der Waals surface area contributed by atoms with E-state index in [1.807, 2.05) is 23.2 Å². The third kappa shape index (κ3) is 2.14. The monoisotopic (exact) mass is 307 g/mol. The Morgan fingerprint density at radius 3 is 2.78 bits per heavy atom. The number of piperidine rings is 1. The topological polar surface area (TPSA) is 44.7 Å². The van der Waals surface area contributed by atoms with Crippen LogP contribution < -0.4 is 5.32 Å². The maximum atomic E-state index is 11.9. The molecule has 3 rings (SSSR count). The van der Waals surface area contributed by atoms with Crippen molar-refractivity contribution in [3.05, 3.63) is 28.2 Å². The molecule has 1 aromatic carbocycles. The smallest absolute Gasteiger partial charge is 0.276 e. The standard InChI is InChI=1S/C13H14BrN3O/c14-9-4-5-11-10(8-9)12(13(18)15-11)16-17-6-2-1-3-7-17/h4-5,8H,1-3,6-7H2,(H,15,16,18). The first kappa shape index (κ1) is 11.7. The second kappa shape index (κ2) is 4.72. The number of hydrogen-bond acceptors (Lipinski definition) is 3. The molecule has 0 atom stereocenters. The number of benzene rings is 1. The molecule has 94 valence electrons. The zero-order valence-electron chi connectivity index (χ0n) is 9.95. The molecule has 1 fully saturated rings. The van der Waals surface area contributed by atoms with Crippen LogP contribution in [0.5, 0.6) is 0 Å². The van der Waals surface area contributed by atoms with Gasteiger partial charge in [-0.3, -0.25) is 9.80 Å². The van der Waals surface area contributed by atoms with Crippen LogP contribution in [0.2, 0.25) is 0 Å². The average molecular weight is 308 g/mol. The van der Waals surface area contributed by atoms with Crippen molar-refractivity contribution in [3.8, 4) is 0 Å². The van der Waals surface area contributed by atoms with Gasteiger partial charge >= 0.3 is 0 Å². The Morgan fingerprint density at radius 2 is 2.00 bits per heavy atom. The van der Waals surface area contributed by atoms with Crippen molar-refractivity contribution < 1.29 is 4.79 Å². The molecule has 0 spiro atoms. The first-order chi connectivity index (χ1) is 8.74. The fourth-order valence-electron chi connectivity index (χ4n) is 2.34. The van der Waals surface area contributed by atoms with Gasteiger partial charge in [-0.1, -0.05) is 15.9 Å². The zero-order valence-corrected chi connectivity index (χ0v) is 11.5. The molecule has 0 unspecified atom stereocenters. The number of halogens is 1. The van der Waals surface area contributed by atoms with Crippen LogP contribution in [-0.4, -0.2) is 29.7 Å². The molecule has 0 radical (unpaired) electrons. The minimum Gasteiger partial charge on any atom is -0.320 e. The van der Waals surface area contributed by atoms with E-state index in [-0.39, 0.29) is 5.91 Å². The normalized spacial score (nSPS) is 21.1. The first-order valence-corrected chi connectivity index (χ1v) is 6.98. The summed E-state index contributed by atoms with van der Waals surface area (Å²) in [5.74, 6) is -0.103. The minimum atomic E-state index is -0.103. The molecule has 2 aliphatic heterocycles. The summed E-state index contributed by atoms with van der Waals surface area (Å²) >= 11 is 3.43. The second-order valence-electron chi connectivity index (χ2n) is 4.61. The van der Waals surface area contributed by atoms with E-state index in [0.717, 1.165) is 41.7 Å². The third-order valence-corrected chi connectivity index (χ3v) is 3.77. The van der Waals surface area contributed by atoms with Gasteiger partial charge in [-0.15, -0.1) is 0 Å². The van der Waals surface area contributed by atoms with E-state index < -0.39 is 0 Å². The van der Waals surface area contributed by atoms with Crippen molar-refractivity contribution in [2.24, 2.45) is 5.10 Å². The third-order valence-electron chi connectivity index (χ3n) is 3.27. The molecule has 4 nitrogen and oxygen atoms in total. The van der Waals surface area contributed by atoms with Gasteiger partial charge in [-0.2, -0.15) is 5.10 Å². The van der Waals surface area contributed by atoms with E-state index in [4.69, 9.17) is 0 Å². The van der Waals surface area contributed by atoms with E-state index in [0.29, 0.717) is 5.71 Å². The summed E-state index contributed by atoms with van der Waals surface area (Å²) in [6.07, 6.45) is 3.57. The number of anilines is 1. The van der Waals surface area contributed by atoms with Gasteiger partial charge in [0.25, 0.3) is 5.91 Å². The van der Waals surface area contributed by atoms with Gasteiger partial charge in [0, 0.05) is 23.1 Å². The highest BCUT2D eigenvalue weighted by molar-refractivity contribution is 9.10. The molecule has 18 heavy (non-hydrogen) atoms. The lowest BCUT2D eigenvalue weighted by Gasteiger charge is -2.23. The Hall–Kier alpha value is -1.36. The lowest BCUT2D eigenvalue weighted by Crippen LogP contribution is -2.28. The molecule has 5 heteroatoms. The molecule has 1 amide bonds. The largest absolute Gasteiger partial charge is 0.320 e.